The highest BCUT2D eigenvalue weighted by Crippen LogP contribution is 2.31. The van der Waals surface area contributed by atoms with Gasteiger partial charge in [-0.25, -0.2) is 0 Å². The molecule has 1 aliphatic heterocycles. The number of nitrogens with zero attached hydrogens (tertiary/aromatic N) is 3. The van der Waals surface area contributed by atoms with E-state index in [-0.39, 0.29) is 16.7 Å². The molecule has 0 amide bonds. The first-order valence-corrected chi connectivity index (χ1v) is 6.83. The first-order valence-electron chi connectivity index (χ1n) is 6.83. The van der Waals surface area contributed by atoms with E-state index in [0.717, 1.165) is 25.9 Å². The molecule has 6 nitrogen and oxygen atoms in total. The summed E-state index contributed by atoms with van der Waals surface area (Å²) in [7, 11) is 0. The molecular weight excluding hydrogens is 256 g/mol. The Bertz CT molecular complexity index is 532. The quantitative estimate of drug-likeness (QED) is 0.671. The number of piperidine rings is 1. The van der Waals surface area contributed by atoms with Crippen LogP contribution in [0.25, 0.3) is 0 Å². The van der Waals surface area contributed by atoms with Crippen molar-refractivity contribution in [1.29, 1.82) is 5.26 Å². The van der Waals surface area contributed by atoms with Crippen molar-refractivity contribution in [1.82, 2.24) is 5.32 Å². The third-order valence-corrected chi connectivity index (χ3v) is 3.66. The van der Waals surface area contributed by atoms with Crippen molar-refractivity contribution in [2.24, 2.45) is 0 Å². The molecule has 1 aromatic carbocycles. The van der Waals surface area contributed by atoms with Gasteiger partial charge < -0.3 is 10.2 Å². The van der Waals surface area contributed by atoms with Crippen LogP contribution in [0.2, 0.25) is 0 Å². The van der Waals surface area contributed by atoms with Crippen LogP contribution in [-0.2, 0) is 0 Å². The molecule has 1 heterocycles. The number of hydrogen-bond donors (Lipinski definition) is 1. The molecule has 0 aliphatic carbocycles. The first-order chi connectivity index (χ1) is 9.67. The van der Waals surface area contributed by atoms with Crippen LogP contribution < -0.4 is 10.2 Å². The van der Waals surface area contributed by atoms with Crippen molar-refractivity contribution in [2.45, 2.75) is 25.8 Å². The summed E-state index contributed by atoms with van der Waals surface area (Å²) in [5.41, 5.74) is 1.06. The van der Waals surface area contributed by atoms with Gasteiger partial charge in [-0.2, -0.15) is 5.26 Å². The Morgan fingerprint density at radius 3 is 2.95 bits per heavy atom. The molecule has 6 heteroatoms. The fraction of sp³-hybridized carbons (Fsp3) is 0.500. The third-order valence-electron chi connectivity index (χ3n) is 3.66. The number of nitriles is 1. The summed E-state index contributed by atoms with van der Waals surface area (Å²) in [6.45, 7) is 4.48. The molecule has 20 heavy (non-hydrogen) atoms. The molecule has 1 aromatic rings. The number of nitro benzene ring substituents is 1. The molecule has 0 aromatic heterocycles. The molecule has 1 aliphatic rings. The number of benzene rings is 1. The highest BCUT2D eigenvalue weighted by Gasteiger charge is 2.26. The Morgan fingerprint density at radius 1 is 1.60 bits per heavy atom. The molecule has 1 atom stereocenters. The minimum Gasteiger partial charge on any atom is -0.362 e. The van der Waals surface area contributed by atoms with Crippen LogP contribution >= 0.6 is 0 Å². The van der Waals surface area contributed by atoms with Crippen molar-refractivity contribution in [2.75, 3.05) is 24.5 Å². The second-order valence-electron chi connectivity index (χ2n) is 4.86. The number of anilines is 1. The Balaban J connectivity index is 2.40. The SMILES string of the molecule is CCN(c1cc(C#N)ccc1[N+](=O)[O-])C1CCCNC1. The summed E-state index contributed by atoms with van der Waals surface area (Å²) < 4.78 is 0. The van der Waals surface area contributed by atoms with Crippen LogP contribution in [0.1, 0.15) is 25.3 Å². The van der Waals surface area contributed by atoms with Gasteiger partial charge in [-0.1, -0.05) is 0 Å². The smallest absolute Gasteiger partial charge is 0.292 e. The molecule has 0 spiro atoms. The number of hydrogen-bond acceptors (Lipinski definition) is 5. The summed E-state index contributed by atoms with van der Waals surface area (Å²) in [5.74, 6) is 0. The van der Waals surface area contributed by atoms with E-state index >= 15 is 0 Å². The van der Waals surface area contributed by atoms with Crippen LogP contribution in [0, 0.1) is 21.4 Å². The van der Waals surface area contributed by atoms with E-state index in [1.54, 1.807) is 6.07 Å². The van der Waals surface area contributed by atoms with E-state index in [2.05, 4.69) is 11.4 Å². The van der Waals surface area contributed by atoms with Crippen LogP contribution in [0.15, 0.2) is 18.2 Å². The molecule has 1 fully saturated rings. The number of rotatable bonds is 4. The summed E-state index contributed by atoms with van der Waals surface area (Å²) in [6.07, 6.45) is 2.07. The van der Waals surface area contributed by atoms with Gasteiger partial charge in [0, 0.05) is 25.2 Å². The highest BCUT2D eigenvalue weighted by atomic mass is 16.6. The van der Waals surface area contributed by atoms with E-state index in [0.29, 0.717) is 17.8 Å². The lowest BCUT2D eigenvalue weighted by Crippen LogP contribution is -2.46. The topological polar surface area (TPSA) is 82.2 Å². The standard InChI is InChI=1S/C14H18N4O2/c1-2-17(12-4-3-7-16-10-12)14-8-11(9-15)5-6-13(14)18(19)20/h5-6,8,12,16H,2-4,7,10H2,1H3. The van der Waals surface area contributed by atoms with E-state index in [1.807, 2.05) is 11.8 Å². The number of nitrogens with one attached hydrogen (secondary N) is 1. The first kappa shape index (κ1) is 14.3. The maximum atomic E-state index is 11.2. The van der Waals surface area contributed by atoms with E-state index < -0.39 is 0 Å². The predicted octanol–water partition coefficient (Wildman–Crippen LogP) is 2.04. The molecule has 1 saturated heterocycles. The van der Waals surface area contributed by atoms with Gasteiger partial charge in [0.2, 0.25) is 0 Å². The summed E-state index contributed by atoms with van der Waals surface area (Å²) in [6, 6.07) is 6.83. The number of likely N-dealkylation sites (N-methyl/N-ethyl adjacent to an activating group) is 1. The van der Waals surface area contributed by atoms with Gasteiger partial charge in [0.25, 0.3) is 5.69 Å². The molecular formula is C14H18N4O2. The number of nitro groups is 1. The van der Waals surface area contributed by atoms with Gasteiger partial charge >= 0.3 is 0 Å². The van der Waals surface area contributed by atoms with Gasteiger partial charge in [-0.3, -0.25) is 10.1 Å². The van der Waals surface area contributed by atoms with Gasteiger partial charge in [0.05, 0.1) is 16.6 Å². The average molecular weight is 274 g/mol. The fourth-order valence-corrected chi connectivity index (χ4v) is 2.70. The van der Waals surface area contributed by atoms with Crippen molar-refractivity contribution in [3.63, 3.8) is 0 Å². The van der Waals surface area contributed by atoms with Gasteiger partial charge in [0.15, 0.2) is 0 Å². The van der Waals surface area contributed by atoms with Crippen molar-refractivity contribution in [3.05, 3.63) is 33.9 Å². The zero-order valence-electron chi connectivity index (χ0n) is 11.5. The zero-order chi connectivity index (χ0) is 14.5. The molecule has 1 N–H and O–H groups in total. The molecule has 2 rings (SSSR count). The average Bonchev–Trinajstić information content (AvgIpc) is 2.48. The van der Waals surface area contributed by atoms with Crippen LogP contribution in [0.3, 0.4) is 0 Å². The lowest BCUT2D eigenvalue weighted by atomic mass is 10.0. The molecule has 106 valence electrons. The Labute approximate surface area is 118 Å². The van der Waals surface area contributed by atoms with Gasteiger partial charge in [-0.05, 0) is 38.4 Å². The van der Waals surface area contributed by atoms with Crippen LogP contribution in [0.4, 0.5) is 11.4 Å². The molecule has 0 saturated carbocycles. The lowest BCUT2D eigenvalue weighted by Gasteiger charge is -2.35. The minimum absolute atomic E-state index is 0.0661. The van der Waals surface area contributed by atoms with Crippen molar-refractivity contribution < 1.29 is 4.92 Å². The van der Waals surface area contributed by atoms with Gasteiger partial charge in [0.1, 0.15) is 5.69 Å². The highest BCUT2D eigenvalue weighted by molar-refractivity contribution is 5.66. The zero-order valence-corrected chi connectivity index (χ0v) is 11.5. The normalized spacial score (nSPS) is 18.3. The predicted molar refractivity (Wildman–Crippen MR) is 76.7 cm³/mol. The van der Waals surface area contributed by atoms with Crippen molar-refractivity contribution in [3.8, 4) is 6.07 Å². The van der Waals surface area contributed by atoms with Gasteiger partial charge in [-0.15, -0.1) is 0 Å². The molecule has 0 bridgehead atoms. The Morgan fingerprint density at radius 2 is 2.40 bits per heavy atom. The Kier molecular flexibility index (Phi) is 4.53. The monoisotopic (exact) mass is 274 g/mol. The summed E-state index contributed by atoms with van der Waals surface area (Å²) in [4.78, 5) is 12.9. The molecule has 0 radical (unpaired) electrons. The van der Waals surface area contributed by atoms with E-state index in [4.69, 9.17) is 5.26 Å². The minimum atomic E-state index is -0.380. The third kappa shape index (κ3) is 2.89. The van der Waals surface area contributed by atoms with Crippen molar-refractivity contribution >= 4 is 11.4 Å². The van der Waals surface area contributed by atoms with E-state index in [1.165, 1.54) is 12.1 Å². The second kappa shape index (κ2) is 6.35. The molecule has 1 unspecified atom stereocenters. The maximum Gasteiger partial charge on any atom is 0.292 e. The second-order valence-corrected chi connectivity index (χ2v) is 4.86. The summed E-state index contributed by atoms with van der Waals surface area (Å²) in [5, 5.41) is 23.5. The fourth-order valence-electron chi connectivity index (χ4n) is 2.70. The maximum absolute atomic E-state index is 11.2. The van der Waals surface area contributed by atoms with E-state index in [9.17, 15) is 10.1 Å². The lowest BCUT2D eigenvalue weighted by molar-refractivity contribution is -0.384. The Hall–Kier alpha value is -2.13. The van der Waals surface area contributed by atoms with Crippen LogP contribution in [0.5, 0.6) is 0 Å². The van der Waals surface area contributed by atoms with Crippen LogP contribution in [-0.4, -0.2) is 30.6 Å². The summed E-state index contributed by atoms with van der Waals surface area (Å²) >= 11 is 0. The largest absolute Gasteiger partial charge is 0.362 e.